The van der Waals surface area contributed by atoms with E-state index in [1.165, 1.54) is 30.3 Å². The number of nitro groups is 1. The molecule has 0 saturated carbocycles. The first-order valence-electron chi connectivity index (χ1n) is 5.53. The van der Waals surface area contributed by atoms with Crippen molar-refractivity contribution in [1.29, 1.82) is 0 Å². The maximum absolute atomic E-state index is 11.0. The summed E-state index contributed by atoms with van der Waals surface area (Å²) in [6, 6.07) is 8.70. The second-order valence-corrected chi connectivity index (χ2v) is 5.88. The Bertz CT molecular complexity index is 736. The van der Waals surface area contributed by atoms with Crippen molar-refractivity contribution in [2.24, 2.45) is 0 Å². The quantitative estimate of drug-likeness (QED) is 0.639. The van der Waals surface area contributed by atoms with E-state index in [0.717, 1.165) is 11.8 Å². The Morgan fingerprint density at radius 1 is 1.19 bits per heavy atom. The van der Waals surface area contributed by atoms with Gasteiger partial charge in [0.15, 0.2) is 0 Å². The summed E-state index contributed by atoms with van der Waals surface area (Å²) in [6.07, 6.45) is 0. The van der Waals surface area contributed by atoms with Crippen molar-refractivity contribution in [1.82, 2.24) is 0 Å². The van der Waals surface area contributed by atoms with Crippen LogP contribution in [0, 0.1) is 10.1 Å². The van der Waals surface area contributed by atoms with Gasteiger partial charge < -0.3 is 5.11 Å². The zero-order valence-corrected chi connectivity index (χ0v) is 12.6. The van der Waals surface area contributed by atoms with Gasteiger partial charge in [-0.2, -0.15) is 0 Å². The molecule has 0 atom stereocenters. The molecule has 0 saturated heterocycles. The SMILES string of the molecule is O=C(O)c1cc(Sc2ccc(Cl)cc2[N+](=O)[O-])ccc1Cl. The average Bonchev–Trinajstić information content (AvgIpc) is 2.42. The van der Waals surface area contributed by atoms with Gasteiger partial charge in [-0.3, -0.25) is 10.1 Å². The first-order valence-corrected chi connectivity index (χ1v) is 7.10. The van der Waals surface area contributed by atoms with Gasteiger partial charge in [0, 0.05) is 16.0 Å². The van der Waals surface area contributed by atoms with Crippen molar-refractivity contribution in [3.63, 3.8) is 0 Å². The fourth-order valence-electron chi connectivity index (χ4n) is 1.58. The van der Waals surface area contributed by atoms with Crippen molar-refractivity contribution in [2.45, 2.75) is 9.79 Å². The molecule has 0 aliphatic heterocycles. The van der Waals surface area contributed by atoms with Crippen LogP contribution < -0.4 is 0 Å². The standard InChI is InChI=1S/C13H7Cl2NO4S/c14-7-1-4-12(11(5-7)16(19)20)21-8-2-3-10(15)9(6-8)13(17)18/h1-6H,(H,17,18). The molecule has 0 aliphatic carbocycles. The number of halogens is 2. The molecule has 5 nitrogen and oxygen atoms in total. The van der Waals surface area contributed by atoms with E-state index in [4.69, 9.17) is 28.3 Å². The second-order valence-electron chi connectivity index (χ2n) is 3.92. The third-order valence-corrected chi connectivity index (χ3v) is 4.13. The minimum atomic E-state index is -1.16. The summed E-state index contributed by atoms with van der Waals surface area (Å²) in [4.78, 5) is 22.4. The molecule has 0 aliphatic rings. The van der Waals surface area contributed by atoms with Crippen LogP contribution in [0.3, 0.4) is 0 Å². The molecule has 0 heterocycles. The highest BCUT2D eigenvalue weighted by molar-refractivity contribution is 7.99. The Hall–Kier alpha value is -1.76. The van der Waals surface area contributed by atoms with E-state index in [1.54, 1.807) is 6.07 Å². The highest BCUT2D eigenvalue weighted by Crippen LogP contribution is 2.37. The molecule has 0 amide bonds. The topological polar surface area (TPSA) is 80.4 Å². The van der Waals surface area contributed by atoms with Gasteiger partial charge in [0.25, 0.3) is 5.69 Å². The van der Waals surface area contributed by atoms with Gasteiger partial charge in [-0.1, -0.05) is 35.0 Å². The van der Waals surface area contributed by atoms with Crippen LogP contribution >= 0.6 is 35.0 Å². The Balaban J connectivity index is 2.41. The van der Waals surface area contributed by atoms with E-state index in [0.29, 0.717) is 9.79 Å². The van der Waals surface area contributed by atoms with Crippen LogP contribution in [0.5, 0.6) is 0 Å². The molecule has 0 fully saturated rings. The smallest absolute Gasteiger partial charge is 0.337 e. The lowest BCUT2D eigenvalue weighted by atomic mass is 10.2. The Kier molecular flexibility index (Phi) is 4.72. The molecular formula is C13H7Cl2NO4S. The Morgan fingerprint density at radius 2 is 1.90 bits per heavy atom. The zero-order valence-electron chi connectivity index (χ0n) is 10.2. The number of aromatic carboxylic acids is 1. The number of rotatable bonds is 4. The third kappa shape index (κ3) is 3.66. The molecule has 8 heteroatoms. The van der Waals surface area contributed by atoms with Crippen LogP contribution in [0.2, 0.25) is 10.0 Å². The number of carboxylic acids is 1. The minimum Gasteiger partial charge on any atom is -0.478 e. The van der Waals surface area contributed by atoms with Crippen molar-refractivity contribution < 1.29 is 14.8 Å². The normalized spacial score (nSPS) is 10.4. The fourth-order valence-corrected chi connectivity index (χ4v) is 2.88. The van der Waals surface area contributed by atoms with E-state index >= 15 is 0 Å². The zero-order chi connectivity index (χ0) is 15.6. The van der Waals surface area contributed by atoms with Gasteiger partial charge in [0.05, 0.1) is 20.4 Å². The van der Waals surface area contributed by atoms with E-state index in [2.05, 4.69) is 0 Å². The molecular weight excluding hydrogens is 337 g/mol. The lowest BCUT2D eigenvalue weighted by molar-refractivity contribution is -0.387. The number of nitro benzene ring substituents is 1. The largest absolute Gasteiger partial charge is 0.478 e. The highest BCUT2D eigenvalue weighted by atomic mass is 35.5. The van der Waals surface area contributed by atoms with Crippen LogP contribution in [0.25, 0.3) is 0 Å². The summed E-state index contributed by atoms with van der Waals surface area (Å²) in [7, 11) is 0. The summed E-state index contributed by atoms with van der Waals surface area (Å²) < 4.78 is 0. The molecule has 0 radical (unpaired) electrons. The van der Waals surface area contributed by atoms with E-state index in [-0.39, 0.29) is 21.3 Å². The van der Waals surface area contributed by atoms with Gasteiger partial charge in [0.1, 0.15) is 0 Å². The summed E-state index contributed by atoms with van der Waals surface area (Å²) in [6.45, 7) is 0. The number of hydrogen-bond acceptors (Lipinski definition) is 4. The van der Waals surface area contributed by atoms with Crippen LogP contribution in [0.4, 0.5) is 5.69 Å². The van der Waals surface area contributed by atoms with Crippen molar-refractivity contribution in [2.75, 3.05) is 0 Å². The van der Waals surface area contributed by atoms with Crippen LogP contribution in [-0.2, 0) is 0 Å². The van der Waals surface area contributed by atoms with Gasteiger partial charge in [0.2, 0.25) is 0 Å². The van der Waals surface area contributed by atoms with E-state index < -0.39 is 10.9 Å². The van der Waals surface area contributed by atoms with Crippen molar-refractivity contribution >= 4 is 46.6 Å². The third-order valence-electron chi connectivity index (χ3n) is 2.51. The molecule has 1 N–H and O–H groups in total. The number of hydrogen-bond donors (Lipinski definition) is 1. The Morgan fingerprint density at radius 3 is 2.52 bits per heavy atom. The summed E-state index contributed by atoms with van der Waals surface area (Å²) in [5, 5.41) is 20.4. The summed E-state index contributed by atoms with van der Waals surface area (Å²) in [5.74, 6) is -1.16. The maximum Gasteiger partial charge on any atom is 0.337 e. The number of carboxylic acid groups (broad SMARTS) is 1. The van der Waals surface area contributed by atoms with Crippen LogP contribution in [-0.4, -0.2) is 16.0 Å². The predicted octanol–water partition coefficient (Wildman–Crippen LogP) is 4.75. The molecule has 108 valence electrons. The predicted molar refractivity (Wildman–Crippen MR) is 80.6 cm³/mol. The van der Waals surface area contributed by atoms with E-state index in [9.17, 15) is 14.9 Å². The fraction of sp³-hybridized carbons (Fsp3) is 0. The highest BCUT2D eigenvalue weighted by Gasteiger charge is 2.17. The first kappa shape index (κ1) is 15.6. The van der Waals surface area contributed by atoms with Gasteiger partial charge in [-0.15, -0.1) is 0 Å². The van der Waals surface area contributed by atoms with Crippen LogP contribution in [0.1, 0.15) is 10.4 Å². The Labute approximate surface area is 133 Å². The molecule has 2 rings (SSSR count). The number of benzene rings is 2. The van der Waals surface area contributed by atoms with Crippen LogP contribution in [0.15, 0.2) is 46.2 Å². The lowest BCUT2D eigenvalue weighted by Crippen LogP contribution is -1.97. The molecule has 2 aromatic carbocycles. The summed E-state index contributed by atoms with van der Waals surface area (Å²) in [5.41, 5.74) is -0.197. The van der Waals surface area contributed by atoms with E-state index in [1.807, 2.05) is 0 Å². The van der Waals surface area contributed by atoms with Crippen molar-refractivity contribution in [3.8, 4) is 0 Å². The maximum atomic E-state index is 11.0. The molecule has 2 aromatic rings. The number of carbonyl (C=O) groups is 1. The second kappa shape index (κ2) is 6.34. The van der Waals surface area contributed by atoms with Crippen molar-refractivity contribution in [3.05, 3.63) is 62.1 Å². The monoisotopic (exact) mass is 343 g/mol. The first-order chi connectivity index (χ1) is 9.88. The molecule has 0 bridgehead atoms. The average molecular weight is 344 g/mol. The minimum absolute atomic E-state index is 0.0571. The molecule has 21 heavy (non-hydrogen) atoms. The number of nitrogens with zero attached hydrogens (tertiary/aromatic N) is 1. The van der Waals surface area contributed by atoms with Gasteiger partial charge in [-0.25, -0.2) is 4.79 Å². The molecule has 0 spiro atoms. The molecule has 0 aromatic heterocycles. The van der Waals surface area contributed by atoms with Gasteiger partial charge >= 0.3 is 5.97 Å². The van der Waals surface area contributed by atoms with Gasteiger partial charge in [-0.05, 0) is 30.3 Å². The summed E-state index contributed by atoms with van der Waals surface area (Å²) >= 11 is 12.6. The molecule has 0 unspecified atom stereocenters. The lowest BCUT2D eigenvalue weighted by Gasteiger charge is -2.05.